The van der Waals surface area contributed by atoms with Crippen molar-refractivity contribution in [3.8, 4) is 0 Å². The fourth-order valence-corrected chi connectivity index (χ4v) is 1.91. The molecule has 0 aromatic carbocycles. The SMILES string of the molecule is CCCCc1[nH]n(C(C)(C)C)c(=O)c1CC. The molecule has 0 atom stereocenters. The van der Waals surface area contributed by atoms with E-state index in [0.29, 0.717) is 0 Å². The van der Waals surface area contributed by atoms with Crippen molar-refractivity contribution in [2.75, 3.05) is 0 Å². The van der Waals surface area contributed by atoms with Gasteiger partial charge in [0.1, 0.15) is 0 Å². The highest BCUT2D eigenvalue weighted by Gasteiger charge is 2.20. The van der Waals surface area contributed by atoms with Gasteiger partial charge in [-0.15, -0.1) is 0 Å². The fourth-order valence-electron chi connectivity index (χ4n) is 1.91. The first kappa shape index (κ1) is 13.1. The summed E-state index contributed by atoms with van der Waals surface area (Å²) in [4.78, 5) is 12.2. The number of hydrogen-bond donors (Lipinski definition) is 1. The highest BCUT2D eigenvalue weighted by atomic mass is 16.1. The molecule has 0 saturated carbocycles. The molecule has 92 valence electrons. The maximum absolute atomic E-state index is 12.2. The number of unbranched alkanes of at least 4 members (excludes halogenated alkanes) is 1. The van der Waals surface area contributed by atoms with Crippen LogP contribution >= 0.6 is 0 Å². The van der Waals surface area contributed by atoms with Crippen molar-refractivity contribution in [1.29, 1.82) is 0 Å². The van der Waals surface area contributed by atoms with E-state index in [9.17, 15) is 4.79 Å². The average Bonchev–Trinajstić information content (AvgIpc) is 2.51. The molecule has 0 spiro atoms. The van der Waals surface area contributed by atoms with Crippen molar-refractivity contribution >= 4 is 0 Å². The normalized spacial score (nSPS) is 12.1. The van der Waals surface area contributed by atoms with Gasteiger partial charge in [-0.3, -0.25) is 9.89 Å². The topological polar surface area (TPSA) is 37.8 Å². The van der Waals surface area contributed by atoms with Gasteiger partial charge in [-0.05, 0) is 40.0 Å². The van der Waals surface area contributed by atoms with Crippen molar-refractivity contribution in [1.82, 2.24) is 9.78 Å². The lowest BCUT2D eigenvalue weighted by atomic mass is 10.1. The number of nitrogens with zero attached hydrogens (tertiary/aromatic N) is 1. The fraction of sp³-hybridized carbons (Fsp3) is 0.769. The van der Waals surface area contributed by atoms with Gasteiger partial charge in [0.05, 0.1) is 5.54 Å². The second-order valence-electron chi connectivity index (χ2n) is 5.34. The number of aryl methyl sites for hydroxylation is 1. The van der Waals surface area contributed by atoms with Crippen molar-refractivity contribution < 1.29 is 0 Å². The first-order valence-electron chi connectivity index (χ1n) is 6.25. The number of nitrogens with one attached hydrogen (secondary N) is 1. The lowest BCUT2D eigenvalue weighted by Crippen LogP contribution is -2.33. The Kier molecular flexibility index (Phi) is 4.00. The molecule has 3 heteroatoms. The summed E-state index contributed by atoms with van der Waals surface area (Å²) in [6.45, 7) is 10.4. The Morgan fingerprint density at radius 3 is 2.31 bits per heavy atom. The van der Waals surface area contributed by atoms with E-state index >= 15 is 0 Å². The van der Waals surface area contributed by atoms with Crippen molar-refractivity contribution in [3.05, 3.63) is 21.6 Å². The van der Waals surface area contributed by atoms with Crippen LogP contribution in [0.15, 0.2) is 4.79 Å². The maximum Gasteiger partial charge on any atom is 0.270 e. The predicted octanol–water partition coefficient (Wildman–Crippen LogP) is 2.84. The minimum atomic E-state index is -0.161. The second kappa shape index (κ2) is 4.89. The van der Waals surface area contributed by atoms with Gasteiger partial charge in [0.25, 0.3) is 5.56 Å². The van der Waals surface area contributed by atoms with Crippen molar-refractivity contribution in [3.63, 3.8) is 0 Å². The van der Waals surface area contributed by atoms with Crippen molar-refractivity contribution in [2.45, 2.75) is 65.8 Å². The van der Waals surface area contributed by atoms with Crippen LogP contribution < -0.4 is 5.56 Å². The molecule has 0 saturated heterocycles. The van der Waals surface area contributed by atoms with Crippen LogP contribution in [-0.4, -0.2) is 9.78 Å². The maximum atomic E-state index is 12.2. The summed E-state index contributed by atoms with van der Waals surface area (Å²) < 4.78 is 1.76. The minimum Gasteiger partial charge on any atom is -0.299 e. The van der Waals surface area contributed by atoms with E-state index < -0.39 is 0 Å². The van der Waals surface area contributed by atoms with Crippen LogP contribution in [0.2, 0.25) is 0 Å². The number of aromatic nitrogens is 2. The van der Waals surface area contributed by atoms with Gasteiger partial charge in [0.15, 0.2) is 0 Å². The Bertz CT molecular complexity index is 393. The number of hydrogen-bond acceptors (Lipinski definition) is 1. The zero-order valence-electron chi connectivity index (χ0n) is 11.2. The zero-order valence-corrected chi connectivity index (χ0v) is 11.2. The van der Waals surface area contributed by atoms with Gasteiger partial charge in [0.2, 0.25) is 0 Å². The highest BCUT2D eigenvalue weighted by Crippen LogP contribution is 2.14. The van der Waals surface area contributed by atoms with Crippen LogP contribution in [0.1, 0.15) is 58.7 Å². The summed E-state index contributed by atoms with van der Waals surface area (Å²) in [6, 6.07) is 0. The zero-order chi connectivity index (χ0) is 12.3. The lowest BCUT2D eigenvalue weighted by Gasteiger charge is -2.19. The number of rotatable bonds is 4. The van der Waals surface area contributed by atoms with Gasteiger partial charge in [-0.2, -0.15) is 0 Å². The van der Waals surface area contributed by atoms with Crippen LogP contribution in [0.3, 0.4) is 0 Å². The summed E-state index contributed by atoms with van der Waals surface area (Å²) in [6.07, 6.45) is 4.10. The molecule has 0 fully saturated rings. The molecular formula is C13H24N2O. The molecule has 0 aliphatic heterocycles. The molecule has 0 aliphatic rings. The number of H-pyrrole nitrogens is 1. The van der Waals surface area contributed by atoms with E-state index in [-0.39, 0.29) is 11.1 Å². The van der Waals surface area contributed by atoms with Gasteiger partial charge >= 0.3 is 0 Å². The standard InChI is InChI=1S/C13H24N2O/c1-6-8-9-11-10(7-2)12(16)15(14-11)13(3,4)5/h14H,6-9H2,1-5H3. The van der Waals surface area contributed by atoms with Crippen LogP contribution in [0.5, 0.6) is 0 Å². The summed E-state index contributed by atoms with van der Waals surface area (Å²) in [5.74, 6) is 0. The largest absolute Gasteiger partial charge is 0.299 e. The second-order valence-corrected chi connectivity index (χ2v) is 5.34. The molecule has 1 rings (SSSR count). The molecule has 1 aromatic rings. The molecule has 3 nitrogen and oxygen atoms in total. The molecule has 0 unspecified atom stereocenters. The van der Waals surface area contributed by atoms with Gasteiger partial charge in [-0.1, -0.05) is 20.3 Å². The molecule has 0 radical (unpaired) electrons. The third kappa shape index (κ3) is 2.57. The van der Waals surface area contributed by atoms with E-state index in [1.165, 1.54) is 0 Å². The molecular weight excluding hydrogens is 200 g/mol. The predicted molar refractivity (Wildman–Crippen MR) is 68.0 cm³/mol. The minimum absolute atomic E-state index is 0.154. The van der Waals surface area contributed by atoms with E-state index in [4.69, 9.17) is 0 Å². The highest BCUT2D eigenvalue weighted by molar-refractivity contribution is 5.18. The third-order valence-electron chi connectivity index (χ3n) is 2.88. The Morgan fingerprint density at radius 1 is 1.25 bits per heavy atom. The average molecular weight is 224 g/mol. The summed E-state index contributed by atoms with van der Waals surface area (Å²) in [5, 5.41) is 3.28. The van der Waals surface area contributed by atoms with E-state index in [2.05, 4.69) is 12.0 Å². The molecule has 1 N–H and O–H groups in total. The lowest BCUT2D eigenvalue weighted by molar-refractivity contribution is 0.343. The molecule has 0 aliphatic carbocycles. The Balaban J connectivity index is 3.15. The molecule has 0 amide bonds. The molecule has 1 heterocycles. The van der Waals surface area contributed by atoms with Crippen LogP contribution in [0.4, 0.5) is 0 Å². The Morgan fingerprint density at radius 2 is 1.88 bits per heavy atom. The first-order valence-corrected chi connectivity index (χ1v) is 6.25. The molecule has 1 aromatic heterocycles. The van der Waals surface area contributed by atoms with Crippen LogP contribution in [0, 0.1) is 0 Å². The van der Waals surface area contributed by atoms with Gasteiger partial charge in [0, 0.05) is 11.3 Å². The van der Waals surface area contributed by atoms with Crippen LogP contribution in [0.25, 0.3) is 0 Å². The van der Waals surface area contributed by atoms with E-state index in [1.54, 1.807) is 4.68 Å². The monoisotopic (exact) mass is 224 g/mol. The summed E-state index contributed by atoms with van der Waals surface area (Å²) >= 11 is 0. The molecule has 16 heavy (non-hydrogen) atoms. The molecule has 0 bridgehead atoms. The third-order valence-corrected chi connectivity index (χ3v) is 2.88. The van der Waals surface area contributed by atoms with Crippen molar-refractivity contribution in [2.24, 2.45) is 0 Å². The van der Waals surface area contributed by atoms with E-state index in [0.717, 1.165) is 36.9 Å². The van der Waals surface area contributed by atoms with Crippen LogP contribution in [-0.2, 0) is 18.4 Å². The van der Waals surface area contributed by atoms with Gasteiger partial charge in [-0.25, -0.2) is 4.68 Å². The Hall–Kier alpha value is -0.990. The van der Waals surface area contributed by atoms with E-state index in [1.807, 2.05) is 27.7 Å². The summed E-state index contributed by atoms with van der Waals surface area (Å²) in [5.41, 5.74) is 2.08. The Labute approximate surface area is 97.8 Å². The van der Waals surface area contributed by atoms with Gasteiger partial charge < -0.3 is 0 Å². The first-order chi connectivity index (χ1) is 7.41. The quantitative estimate of drug-likeness (QED) is 0.839. The smallest absolute Gasteiger partial charge is 0.270 e. The number of aromatic amines is 1. The summed E-state index contributed by atoms with van der Waals surface area (Å²) in [7, 11) is 0.